The summed E-state index contributed by atoms with van der Waals surface area (Å²) in [6, 6.07) is 5.70. The summed E-state index contributed by atoms with van der Waals surface area (Å²) in [5.41, 5.74) is 5.61. The van der Waals surface area contributed by atoms with E-state index in [9.17, 15) is 18.8 Å². The minimum absolute atomic E-state index is 0.0650. The average molecular weight is 489 g/mol. The van der Waals surface area contributed by atoms with Crippen molar-refractivity contribution in [3.8, 4) is 5.69 Å². The van der Waals surface area contributed by atoms with Crippen LogP contribution in [0.2, 0.25) is 0 Å². The number of nitrogen functional groups attached to an aromatic ring is 1. The number of nitrogens with one attached hydrogen (secondary N) is 1. The van der Waals surface area contributed by atoms with Crippen molar-refractivity contribution in [3.05, 3.63) is 62.8 Å². The molecule has 3 rings (SSSR count). The maximum atomic E-state index is 13.9. The van der Waals surface area contributed by atoms with E-state index in [4.69, 9.17) is 5.73 Å². The number of benzene rings is 1. The number of thioether (sulfide) groups is 1. The Labute approximate surface area is 200 Å². The molecule has 0 saturated heterocycles. The van der Waals surface area contributed by atoms with Gasteiger partial charge in [-0.1, -0.05) is 39.0 Å². The third-order valence-corrected chi connectivity index (χ3v) is 5.88. The van der Waals surface area contributed by atoms with Crippen LogP contribution in [0.4, 0.5) is 15.9 Å². The Morgan fingerprint density at radius 3 is 2.53 bits per heavy atom. The highest BCUT2D eigenvalue weighted by Gasteiger charge is 2.28. The molecule has 3 N–H and O–H groups in total. The van der Waals surface area contributed by atoms with E-state index < -0.39 is 23.0 Å². The second kappa shape index (κ2) is 10.7. The Morgan fingerprint density at radius 2 is 1.94 bits per heavy atom. The van der Waals surface area contributed by atoms with Gasteiger partial charge >= 0.3 is 5.69 Å². The smallest absolute Gasteiger partial charge is 0.330 e. The number of unbranched alkanes of at least 4 members (excludes halogenated alkanes) is 1. The zero-order valence-electron chi connectivity index (χ0n) is 19.7. The molecular formula is C23H29FN6O3S. The maximum absolute atomic E-state index is 13.9. The molecule has 1 aromatic carbocycles. The van der Waals surface area contributed by atoms with Crippen LogP contribution in [-0.2, 0) is 6.54 Å². The summed E-state index contributed by atoms with van der Waals surface area (Å²) in [7, 11) is 0. The minimum Gasteiger partial charge on any atom is -0.383 e. The molecule has 0 bridgehead atoms. The largest absolute Gasteiger partial charge is 0.383 e. The normalized spacial score (nSPS) is 11.2. The van der Waals surface area contributed by atoms with Crippen molar-refractivity contribution in [2.45, 2.75) is 45.3 Å². The van der Waals surface area contributed by atoms with Gasteiger partial charge in [0.2, 0.25) is 0 Å². The van der Waals surface area contributed by atoms with Gasteiger partial charge < -0.3 is 5.73 Å². The summed E-state index contributed by atoms with van der Waals surface area (Å²) in [5.74, 6) is -0.885. The summed E-state index contributed by atoms with van der Waals surface area (Å²) >= 11 is 1.32. The highest BCUT2D eigenvalue weighted by molar-refractivity contribution is 7.98. The molecule has 0 aliphatic carbocycles. The minimum atomic E-state index is -0.732. The van der Waals surface area contributed by atoms with E-state index in [1.807, 2.05) is 27.0 Å². The molecule has 2 aromatic heterocycles. The first-order valence-corrected chi connectivity index (χ1v) is 12.2. The number of halogens is 1. The number of aromatic amines is 1. The van der Waals surface area contributed by atoms with Gasteiger partial charge in [0.05, 0.1) is 6.20 Å². The van der Waals surface area contributed by atoms with Crippen LogP contribution in [-0.4, -0.2) is 37.8 Å². The Hall–Kier alpha value is -3.34. The van der Waals surface area contributed by atoms with Crippen molar-refractivity contribution >= 4 is 29.2 Å². The van der Waals surface area contributed by atoms with Crippen molar-refractivity contribution in [1.29, 1.82) is 0 Å². The zero-order valence-corrected chi connectivity index (χ0v) is 20.5. The molecule has 0 aliphatic heterocycles. The number of nitrogens with two attached hydrogens (primary N) is 1. The van der Waals surface area contributed by atoms with E-state index in [0.29, 0.717) is 17.3 Å². The molecule has 11 heteroatoms. The third kappa shape index (κ3) is 5.09. The number of carbonyl (C=O) groups excluding carboxylic acids is 1. The van der Waals surface area contributed by atoms with Crippen molar-refractivity contribution in [2.24, 2.45) is 5.92 Å². The number of hydrogen-bond donors (Lipinski definition) is 2. The molecule has 0 unspecified atom stereocenters. The first kappa shape index (κ1) is 25.3. The standard InChI is InChI=1S/C23H29FN6O3S/c1-5-6-11-28(18-19(25)29(13-14(2)3)22(33)27-20(18)31)21(32)17-12-26-23(34-4)30(17)16-9-7-15(24)8-10-16/h7-10,12,14H,5-6,11,13,25H2,1-4H3,(H,27,31,33). The van der Waals surface area contributed by atoms with Gasteiger partial charge in [-0.25, -0.2) is 14.2 Å². The van der Waals surface area contributed by atoms with Crippen LogP contribution in [0.25, 0.3) is 5.69 Å². The van der Waals surface area contributed by atoms with Crippen LogP contribution in [0.3, 0.4) is 0 Å². The van der Waals surface area contributed by atoms with Gasteiger partial charge in [0.15, 0.2) is 10.8 Å². The quantitative estimate of drug-likeness (QED) is 0.446. The predicted octanol–water partition coefficient (Wildman–Crippen LogP) is 3.27. The van der Waals surface area contributed by atoms with E-state index in [-0.39, 0.29) is 36.2 Å². The zero-order chi connectivity index (χ0) is 25.0. The lowest BCUT2D eigenvalue weighted by Crippen LogP contribution is -2.42. The number of amides is 1. The molecule has 182 valence electrons. The summed E-state index contributed by atoms with van der Waals surface area (Å²) in [6.07, 6.45) is 4.61. The van der Waals surface area contributed by atoms with Crippen LogP contribution < -0.4 is 21.9 Å². The molecule has 0 radical (unpaired) electrons. The number of carbonyl (C=O) groups is 1. The lowest BCUT2D eigenvalue weighted by molar-refractivity contribution is 0.0979. The first-order chi connectivity index (χ1) is 16.2. The van der Waals surface area contributed by atoms with E-state index in [0.717, 1.165) is 6.42 Å². The number of hydrogen-bond acceptors (Lipinski definition) is 6. The van der Waals surface area contributed by atoms with Gasteiger partial charge in [0, 0.05) is 18.8 Å². The number of rotatable bonds is 9. The van der Waals surface area contributed by atoms with E-state index in [1.165, 1.54) is 39.6 Å². The lowest BCUT2D eigenvalue weighted by atomic mass is 10.2. The van der Waals surface area contributed by atoms with E-state index in [2.05, 4.69) is 9.97 Å². The Balaban J connectivity index is 2.19. The number of nitrogens with zero attached hydrogens (tertiary/aromatic N) is 4. The summed E-state index contributed by atoms with van der Waals surface area (Å²) in [6.45, 7) is 6.30. The van der Waals surface area contributed by atoms with Crippen molar-refractivity contribution in [1.82, 2.24) is 19.1 Å². The second-order valence-corrected chi connectivity index (χ2v) is 9.02. The summed E-state index contributed by atoms with van der Waals surface area (Å²) in [4.78, 5) is 47.1. The molecule has 0 saturated carbocycles. The fourth-order valence-corrected chi connectivity index (χ4v) is 4.17. The van der Waals surface area contributed by atoms with Gasteiger partial charge in [0.25, 0.3) is 11.5 Å². The molecule has 0 fully saturated rings. The number of imidazole rings is 1. The van der Waals surface area contributed by atoms with Crippen molar-refractivity contribution in [3.63, 3.8) is 0 Å². The van der Waals surface area contributed by atoms with Gasteiger partial charge in [-0.05, 0) is 42.9 Å². The number of anilines is 2. The van der Waals surface area contributed by atoms with Gasteiger partial charge in [-0.15, -0.1) is 0 Å². The molecular weight excluding hydrogens is 459 g/mol. The number of H-pyrrole nitrogens is 1. The molecule has 34 heavy (non-hydrogen) atoms. The highest BCUT2D eigenvalue weighted by Crippen LogP contribution is 2.26. The predicted molar refractivity (Wildman–Crippen MR) is 132 cm³/mol. The van der Waals surface area contributed by atoms with Crippen LogP contribution in [0, 0.1) is 11.7 Å². The average Bonchev–Trinajstić information content (AvgIpc) is 3.22. The Bertz CT molecular complexity index is 1280. The molecule has 0 atom stereocenters. The maximum Gasteiger partial charge on any atom is 0.330 e. The monoisotopic (exact) mass is 488 g/mol. The van der Waals surface area contributed by atoms with E-state index >= 15 is 0 Å². The van der Waals surface area contributed by atoms with Crippen LogP contribution >= 0.6 is 11.8 Å². The van der Waals surface area contributed by atoms with Crippen molar-refractivity contribution < 1.29 is 9.18 Å². The van der Waals surface area contributed by atoms with Crippen LogP contribution in [0.1, 0.15) is 44.1 Å². The molecule has 0 spiro atoms. The SMILES string of the molecule is CCCCN(C(=O)c1cnc(SC)n1-c1ccc(F)cc1)c1c(N)n(CC(C)C)c(=O)[nH]c1=O. The fraction of sp³-hybridized carbons (Fsp3) is 0.391. The van der Waals surface area contributed by atoms with Crippen LogP contribution in [0.15, 0.2) is 45.2 Å². The summed E-state index contributed by atoms with van der Waals surface area (Å²) in [5, 5.41) is 0.525. The van der Waals surface area contributed by atoms with Crippen molar-refractivity contribution in [2.75, 3.05) is 23.4 Å². The lowest BCUT2D eigenvalue weighted by Gasteiger charge is -2.25. The second-order valence-electron chi connectivity index (χ2n) is 8.25. The Kier molecular flexibility index (Phi) is 7.98. The molecule has 3 aromatic rings. The van der Waals surface area contributed by atoms with E-state index in [1.54, 1.807) is 16.7 Å². The van der Waals surface area contributed by atoms with Gasteiger partial charge in [0.1, 0.15) is 17.3 Å². The Morgan fingerprint density at radius 1 is 1.26 bits per heavy atom. The summed E-state index contributed by atoms with van der Waals surface area (Å²) < 4.78 is 16.4. The third-order valence-electron chi connectivity index (χ3n) is 5.23. The fourth-order valence-electron chi connectivity index (χ4n) is 3.62. The molecule has 9 nitrogen and oxygen atoms in total. The topological polar surface area (TPSA) is 119 Å². The molecule has 0 aliphatic rings. The number of aromatic nitrogens is 4. The van der Waals surface area contributed by atoms with Gasteiger partial charge in [-0.2, -0.15) is 0 Å². The highest BCUT2D eigenvalue weighted by atomic mass is 32.2. The van der Waals surface area contributed by atoms with Crippen LogP contribution in [0.5, 0.6) is 0 Å². The van der Waals surface area contributed by atoms with Gasteiger partial charge in [-0.3, -0.25) is 28.6 Å². The first-order valence-electron chi connectivity index (χ1n) is 11.0. The molecule has 2 heterocycles. The molecule has 1 amide bonds.